The van der Waals surface area contributed by atoms with Crippen LogP contribution in [0.1, 0.15) is 40.0 Å². The Bertz CT molecular complexity index is 1200. The second-order valence-corrected chi connectivity index (χ2v) is 8.34. The van der Waals surface area contributed by atoms with Crippen LogP contribution < -0.4 is 4.74 Å². The van der Waals surface area contributed by atoms with Gasteiger partial charge in [0.2, 0.25) is 0 Å². The SMILES string of the molecule is Cc1cc(C(=O)N2CCC3(CC2)Oc2cc(Cl)ccc2-n2cccc23)ccc1C#N. The summed E-state index contributed by atoms with van der Waals surface area (Å²) in [6.45, 7) is 3.05. The van der Waals surface area contributed by atoms with Crippen molar-refractivity contribution in [1.82, 2.24) is 9.47 Å². The van der Waals surface area contributed by atoms with E-state index >= 15 is 0 Å². The molecule has 1 amide bonds. The number of carbonyl (C=O) groups is 1. The highest BCUT2D eigenvalue weighted by molar-refractivity contribution is 6.30. The van der Waals surface area contributed by atoms with Crippen molar-refractivity contribution in [2.75, 3.05) is 13.1 Å². The highest BCUT2D eigenvalue weighted by Gasteiger charge is 2.44. The number of aromatic nitrogens is 1. The lowest BCUT2D eigenvalue weighted by Crippen LogP contribution is -2.50. The van der Waals surface area contributed by atoms with Gasteiger partial charge in [-0.25, -0.2) is 0 Å². The number of carbonyl (C=O) groups excluding carboxylic acids is 1. The van der Waals surface area contributed by atoms with Crippen LogP contribution in [0.5, 0.6) is 5.75 Å². The number of hydrogen-bond acceptors (Lipinski definition) is 3. The minimum absolute atomic E-state index is 0.00734. The fourth-order valence-electron chi connectivity index (χ4n) is 4.53. The van der Waals surface area contributed by atoms with E-state index in [4.69, 9.17) is 21.6 Å². The number of benzene rings is 2. The molecule has 2 aliphatic rings. The molecule has 0 atom stereocenters. The van der Waals surface area contributed by atoms with Crippen LogP contribution in [0.3, 0.4) is 0 Å². The smallest absolute Gasteiger partial charge is 0.253 e. The monoisotopic (exact) mass is 417 g/mol. The average Bonchev–Trinajstić information content (AvgIpc) is 3.25. The molecule has 0 unspecified atom stereocenters. The first-order valence-electron chi connectivity index (χ1n) is 9.97. The zero-order chi connectivity index (χ0) is 20.9. The van der Waals surface area contributed by atoms with Gasteiger partial charge in [0.05, 0.1) is 23.0 Å². The molecule has 6 heteroatoms. The van der Waals surface area contributed by atoms with Gasteiger partial charge in [0, 0.05) is 48.8 Å². The van der Waals surface area contributed by atoms with E-state index in [0.29, 0.717) is 42.1 Å². The summed E-state index contributed by atoms with van der Waals surface area (Å²) in [7, 11) is 0. The number of likely N-dealkylation sites (tertiary alicyclic amines) is 1. The summed E-state index contributed by atoms with van der Waals surface area (Å²) in [4.78, 5) is 14.9. The first-order valence-corrected chi connectivity index (χ1v) is 10.4. The molecule has 2 aromatic carbocycles. The first kappa shape index (κ1) is 18.8. The Labute approximate surface area is 180 Å². The maximum Gasteiger partial charge on any atom is 0.253 e. The zero-order valence-corrected chi connectivity index (χ0v) is 17.3. The van der Waals surface area contributed by atoms with Gasteiger partial charge in [0.1, 0.15) is 5.75 Å². The molecule has 3 heterocycles. The van der Waals surface area contributed by atoms with E-state index in [2.05, 4.69) is 16.7 Å². The van der Waals surface area contributed by atoms with E-state index in [-0.39, 0.29) is 5.91 Å². The predicted octanol–water partition coefficient (Wildman–Crippen LogP) is 4.83. The Hall–Kier alpha value is -3.23. The number of hydrogen-bond donors (Lipinski definition) is 0. The van der Waals surface area contributed by atoms with Crippen molar-refractivity contribution >= 4 is 17.5 Å². The van der Waals surface area contributed by atoms with Gasteiger partial charge < -0.3 is 14.2 Å². The van der Waals surface area contributed by atoms with Crippen LogP contribution in [0.25, 0.3) is 5.69 Å². The molecule has 5 rings (SSSR count). The second-order valence-electron chi connectivity index (χ2n) is 7.91. The van der Waals surface area contributed by atoms with Crippen LogP contribution in [-0.4, -0.2) is 28.5 Å². The average molecular weight is 418 g/mol. The summed E-state index contributed by atoms with van der Waals surface area (Å²) < 4.78 is 8.69. The minimum Gasteiger partial charge on any atom is -0.479 e. The molecule has 1 saturated heterocycles. The van der Waals surface area contributed by atoms with Gasteiger partial charge in [0.15, 0.2) is 5.60 Å². The summed E-state index contributed by atoms with van der Waals surface area (Å²) in [5.74, 6) is 0.765. The maximum atomic E-state index is 13.0. The van der Waals surface area contributed by atoms with Crippen molar-refractivity contribution in [2.45, 2.75) is 25.4 Å². The second kappa shape index (κ2) is 6.93. The van der Waals surface area contributed by atoms with Gasteiger partial charge >= 0.3 is 0 Å². The Balaban J connectivity index is 1.40. The van der Waals surface area contributed by atoms with Gasteiger partial charge in [-0.1, -0.05) is 11.6 Å². The lowest BCUT2D eigenvalue weighted by molar-refractivity contribution is -0.00930. The van der Waals surface area contributed by atoms with E-state index in [1.807, 2.05) is 42.3 Å². The third-order valence-electron chi connectivity index (χ3n) is 6.15. The summed E-state index contributed by atoms with van der Waals surface area (Å²) in [5.41, 5.74) is 3.65. The molecule has 2 aliphatic heterocycles. The van der Waals surface area contributed by atoms with Crippen molar-refractivity contribution in [3.8, 4) is 17.5 Å². The van der Waals surface area contributed by atoms with Gasteiger partial charge in [-0.05, 0) is 55.0 Å². The van der Waals surface area contributed by atoms with E-state index in [0.717, 1.165) is 22.7 Å². The molecule has 0 bridgehead atoms. The van der Waals surface area contributed by atoms with Crippen LogP contribution >= 0.6 is 11.6 Å². The highest BCUT2D eigenvalue weighted by Crippen LogP contribution is 2.45. The number of halogens is 1. The summed E-state index contributed by atoms with van der Waals surface area (Å²) in [6.07, 6.45) is 3.44. The number of amides is 1. The Morgan fingerprint density at radius 1 is 1.17 bits per heavy atom. The van der Waals surface area contributed by atoms with Crippen LogP contribution in [0, 0.1) is 18.3 Å². The number of nitrogens with zero attached hydrogens (tertiary/aromatic N) is 3. The number of rotatable bonds is 1. The Morgan fingerprint density at radius 2 is 1.97 bits per heavy atom. The molecule has 1 spiro atoms. The van der Waals surface area contributed by atoms with Crippen LogP contribution in [-0.2, 0) is 5.60 Å². The van der Waals surface area contributed by atoms with E-state index < -0.39 is 5.60 Å². The van der Waals surface area contributed by atoms with E-state index in [9.17, 15) is 4.79 Å². The normalized spacial score (nSPS) is 16.4. The third kappa shape index (κ3) is 2.88. The molecule has 150 valence electrons. The number of fused-ring (bicyclic) bond motifs is 4. The topological polar surface area (TPSA) is 58.3 Å². The van der Waals surface area contributed by atoms with Crippen molar-refractivity contribution < 1.29 is 9.53 Å². The van der Waals surface area contributed by atoms with Crippen LogP contribution in [0.2, 0.25) is 5.02 Å². The van der Waals surface area contributed by atoms with Gasteiger partial charge in [0.25, 0.3) is 5.91 Å². The summed E-state index contributed by atoms with van der Waals surface area (Å²) >= 11 is 6.21. The molecule has 1 aromatic heterocycles. The van der Waals surface area contributed by atoms with E-state index in [1.54, 1.807) is 18.2 Å². The van der Waals surface area contributed by atoms with E-state index in [1.165, 1.54) is 0 Å². The standard InChI is InChI=1S/C24H20ClN3O2/c1-16-13-17(4-5-18(16)15-26)23(29)27-11-8-24(9-12-27)22-3-2-10-28(22)20-7-6-19(25)14-21(20)30-24/h2-7,10,13-14H,8-9,11-12H2,1H3. The molecule has 1 fully saturated rings. The van der Waals surface area contributed by atoms with Crippen molar-refractivity contribution in [1.29, 1.82) is 5.26 Å². The molecular formula is C24H20ClN3O2. The predicted molar refractivity (Wildman–Crippen MR) is 114 cm³/mol. The molecule has 0 saturated carbocycles. The largest absolute Gasteiger partial charge is 0.479 e. The number of piperidine rings is 1. The number of aryl methyl sites for hydroxylation is 1. The van der Waals surface area contributed by atoms with Gasteiger partial charge in [-0.15, -0.1) is 0 Å². The van der Waals surface area contributed by atoms with Crippen molar-refractivity contribution in [3.63, 3.8) is 0 Å². The maximum absolute atomic E-state index is 13.0. The van der Waals surface area contributed by atoms with Crippen LogP contribution in [0.4, 0.5) is 0 Å². The molecule has 5 nitrogen and oxygen atoms in total. The molecule has 0 radical (unpaired) electrons. The molecule has 30 heavy (non-hydrogen) atoms. The summed E-state index contributed by atoms with van der Waals surface area (Å²) in [6, 6.07) is 17.2. The first-order chi connectivity index (χ1) is 14.5. The quantitative estimate of drug-likeness (QED) is 0.569. The molecule has 0 N–H and O–H groups in total. The third-order valence-corrected chi connectivity index (χ3v) is 6.39. The zero-order valence-electron chi connectivity index (χ0n) is 16.6. The highest BCUT2D eigenvalue weighted by atomic mass is 35.5. The van der Waals surface area contributed by atoms with Crippen LogP contribution in [0.15, 0.2) is 54.7 Å². The lowest BCUT2D eigenvalue weighted by Gasteiger charge is -2.45. The Kier molecular flexibility index (Phi) is 4.34. The molecule has 0 aliphatic carbocycles. The Morgan fingerprint density at radius 3 is 2.70 bits per heavy atom. The minimum atomic E-state index is -0.474. The van der Waals surface area contributed by atoms with Gasteiger partial charge in [-0.2, -0.15) is 5.26 Å². The molecular weight excluding hydrogens is 398 g/mol. The fraction of sp³-hybridized carbons (Fsp3) is 0.250. The number of ether oxygens (including phenoxy) is 1. The van der Waals surface area contributed by atoms with Gasteiger partial charge in [-0.3, -0.25) is 4.79 Å². The fourth-order valence-corrected chi connectivity index (χ4v) is 4.69. The number of nitriles is 1. The molecule has 3 aromatic rings. The lowest BCUT2D eigenvalue weighted by atomic mass is 9.86. The van der Waals surface area contributed by atoms with Crippen molar-refractivity contribution in [2.24, 2.45) is 0 Å². The summed E-state index contributed by atoms with van der Waals surface area (Å²) in [5, 5.41) is 9.76. The van der Waals surface area contributed by atoms with Crippen molar-refractivity contribution in [3.05, 3.63) is 82.1 Å².